The molecule has 0 saturated carbocycles. The summed E-state index contributed by atoms with van der Waals surface area (Å²) >= 11 is 0. The quantitative estimate of drug-likeness (QED) is 0.793. The molecule has 0 aliphatic heterocycles. The van der Waals surface area contributed by atoms with Crippen molar-refractivity contribution in [2.45, 2.75) is 18.6 Å². The molecule has 0 bridgehead atoms. The molecule has 2 aromatic rings. The lowest BCUT2D eigenvalue weighted by molar-refractivity contribution is -0.137. The molecule has 2 amide bonds. The molecule has 0 aromatic heterocycles. The van der Waals surface area contributed by atoms with Gasteiger partial charge in [0, 0.05) is 12.5 Å². The van der Waals surface area contributed by atoms with E-state index in [1.807, 2.05) is 0 Å². The van der Waals surface area contributed by atoms with Crippen LogP contribution in [0.2, 0.25) is 0 Å². The van der Waals surface area contributed by atoms with Crippen molar-refractivity contribution in [2.75, 3.05) is 0 Å². The molecule has 9 heteroatoms. The maximum atomic E-state index is 13.6. The number of nitrogens with two attached hydrogens (primary N) is 1. The summed E-state index contributed by atoms with van der Waals surface area (Å²) in [7, 11) is 0. The number of hydrogen-bond acceptors (Lipinski definition) is 2. The average molecular weight is 372 g/mol. The molecular formula is C17H13F5N2O2. The summed E-state index contributed by atoms with van der Waals surface area (Å²) in [6, 6.07) is 4.92. The second-order valence-corrected chi connectivity index (χ2v) is 5.45. The van der Waals surface area contributed by atoms with E-state index in [4.69, 9.17) is 5.73 Å². The minimum atomic E-state index is -4.50. The fraction of sp³-hybridized carbons (Fsp3) is 0.176. The van der Waals surface area contributed by atoms with Crippen LogP contribution >= 0.6 is 0 Å². The maximum absolute atomic E-state index is 13.6. The number of hydrogen-bond donors (Lipinski definition) is 2. The van der Waals surface area contributed by atoms with Gasteiger partial charge < -0.3 is 11.1 Å². The van der Waals surface area contributed by atoms with Gasteiger partial charge in [0.15, 0.2) is 0 Å². The summed E-state index contributed by atoms with van der Waals surface area (Å²) in [5.74, 6) is -3.96. The highest BCUT2D eigenvalue weighted by Crippen LogP contribution is 2.29. The molecule has 3 N–H and O–H groups in total. The Balaban J connectivity index is 2.14. The Labute approximate surface area is 144 Å². The van der Waals surface area contributed by atoms with Gasteiger partial charge in [0.05, 0.1) is 11.1 Å². The number of benzene rings is 2. The molecule has 0 spiro atoms. The Bertz CT molecular complexity index is 819. The van der Waals surface area contributed by atoms with Crippen molar-refractivity contribution in [2.24, 2.45) is 5.73 Å². The summed E-state index contributed by atoms with van der Waals surface area (Å²) in [6.45, 7) is 0. The Morgan fingerprint density at radius 1 is 1.04 bits per heavy atom. The van der Waals surface area contributed by atoms with Crippen molar-refractivity contribution in [3.05, 3.63) is 70.8 Å². The van der Waals surface area contributed by atoms with Crippen molar-refractivity contribution < 1.29 is 31.5 Å². The molecule has 0 radical (unpaired) electrons. The second kappa shape index (κ2) is 7.51. The second-order valence-electron chi connectivity index (χ2n) is 5.45. The molecule has 0 aliphatic carbocycles. The number of carbonyl (C=O) groups excluding carboxylic acids is 2. The fourth-order valence-electron chi connectivity index (χ4n) is 2.20. The molecule has 1 atom stereocenters. The third kappa shape index (κ3) is 4.78. The number of amides is 2. The highest BCUT2D eigenvalue weighted by atomic mass is 19.4. The van der Waals surface area contributed by atoms with Crippen molar-refractivity contribution in [3.63, 3.8) is 0 Å². The summed E-state index contributed by atoms with van der Waals surface area (Å²) < 4.78 is 64.1. The van der Waals surface area contributed by atoms with Crippen LogP contribution in [0.1, 0.15) is 21.5 Å². The van der Waals surface area contributed by atoms with Crippen LogP contribution in [0.4, 0.5) is 22.0 Å². The molecule has 0 heterocycles. The normalized spacial score (nSPS) is 12.5. The molecule has 0 saturated heterocycles. The van der Waals surface area contributed by atoms with E-state index < -0.39 is 46.8 Å². The van der Waals surface area contributed by atoms with Crippen LogP contribution in [0.15, 0.2) is 42.5 Å². The van der Waals surface area contributed by atoms with Crippen LogP contribution in [0, 0.1) is 11.6 Å². The number of carbonyl (C=O) groups is 2. The first-order valence-electron chi connectivity index (χ1n) is 7.29. The van der Waals surface area contributed by atoms with Gasteiger partial charge in [0.1, 0.15) is 17.7 Å². The van der Waals surface area contributed by atoms with E-state index in [-0.39, 0.29) is 6.42 Å². The van der Waals surface area contributed by atoms with Crippen LogP contribution in [0.3, 0.4) is 0 Å². The molecule has 0 unspecified atom stereocenters. The number of halogens is 5. The number of primary amides is 1. The number of rotatable bonds is 5. The Morgan fingerprint density at radius 2 is 1.65 bits per heavy atom. The molecule has 4 nitrogen and oxygen atoms in total. The fourth-order valence-corrected chi connectivity index (χ4v) is 2.20. The predicted octanol–water partition coefficient (Wildman–Crippen LogP) is 2.81. The van der Waals surface area contributed by atoms with Gasteiger partial charge in [0.2, 0.25) is 5.91 Å². The zero-order valence-electron chi connectivity index (χ0n) is 13.1. The molecule has 0 fully saturated rings. The Hall–Kier alpha value is -2.97. The zero-order chi connectivity index (χ0) is 19.5. The zero-order valence-corrected chi connectivity index (χ0v) is 13.1. The summed E-state index contributed by atoms with van der Waals surface area (Å²) in [6.07, 6.45) is -4.70. The third-order valence-corrected chi connectivity index (χ3v) is 3.55. The van der Waals surface area contributed by atoms with Crippen LogP contribution in [0.5, 0.6) is 0 Å². The number of nitrogens with one attached hydrogen (secondary N) is 1. The smallest absolute Gasteiger partial charge is 0.368 e. The first-order chi connectivity index (χ1) is 12.1. The largest absolute Gasteiger partial charge is 0.416 e. The lowest BCUT2D eigenvalue weighted by Crippen LogP contribution is -2.46. The van der Waals surface area contributed by atoms with Gasteiger partial charge in [-0.1, -0.05) is 12.1 Å². The van der Waals surface area contributed by atoms with Gasteiger partial charge in [-0.3, -0.25) is 9.59 Å². The number of alkyl halides is 3. The third-order valence-electron chi connectivity index (χ3n) is 3.55. The van der Waals surface area contributed by atoms with E-state index in [1.165, 1.54) is 0 Å². The van der Waals surface area contributed by atoms with Crippen LogP contribution < -0.4 is 11.1 Å². The van der Waals surface area contributed by atoms with Gasteiger partial charge in [0.25, 0.3) is 5.91 Å². The van der Waals surface area contributed by atoms with E-state index in [0.29, 0.717) is 11.6 Å². The molecule has 2 rings (SSSR count). The lowest BCUT2D eigenvalue weighted by atomic mass is 10.0. The Kier molecular flexibility index (Phi) is 5.59. The van der Waals surface area contributed by atoms with E-state index in [2.05, 4.69) is 5.32 Å². The van der Waals surface area contributed by atoms with Gasteiger partial charge in [-0.05, 0) is 29.8 Å². The van der Waals surface area contributed by atoms with Crippen LogP contribution in [-0.2, 0) is 17.4 Å². The van der Waals surface area contributed by atoms with Gasteiger partial charge in [-0.15, -0.1) is 0 Å². The van der Waals surface area contributed by atoms with E-state index in [1.54, 1.807) is 0 Å². The maximum Gasteiger partial charge on any atom is 0.416 e. The van der Waals surface area contributed by atoms with Crippen molar-refractivity contribution in [1.29, 1.82) is 0 Å². The van der Waals surface area contributed by atoms with Crippen molar-refractivity contribution in [1.82, 2.24) is 5.32 Å². The first kappa shape index (κ1) is 19.4. The highest BCUT2D eigenvalue weighted by Gasteiger charge is 2.30. The van der Waals surface area contributed by atoms with Crippen molar-refractivity contribution >= 4 is 11.8 Å². The molecule has 138 valence electrons. The van der Waals surface area contributed by atoms with Crippen LogP contribution in [0.25, 0.3) is 0 Å². The standard InChI is InChI=1S/C17H13F5N2O2/c18-11-5-6-12(13(19)8-11)16(26)24-14(15(23)25)7-9-1-3-10(4-2-9)17(20,21)22/h1-6,8,14H,7H2,(H2,23,25)(H,24,26)/t14-/m0/s1. The van der Waals surface area contributed by atoms with Crippen molar-refractivity contribution in [3.8, 4) is 0 Å². The molecule has 0 aliphatic rings. The Morgan fingerprint density at radius 3 is 2.15 bits per heavy atom. The molecule has 2 aromatic carbocycles. The summed E-state index contributed by atoms with van der Waals surface area (Å²) in [5.41, 5.74) is 4.13. The summed E-state index contributed by atoms with van der Waals surface area (Å²) in [4.78, 5) is 23.5. The minimum absolute atomic E-state index is 0.192. The van der Waals surface area contributed by atoms with E-state index in [9.17, 15) is 31.5 Å². The average Bonchev–Trinajstić information content (AvgIpc) is 2.53. The minimum Gasteiger partial charge on any atom is -0.368 e. The molecule has 26 heavy (non-hydrogen) atoms. The van der Waals surface area contributed by atoms with Gasteiger partial charge >= 0.3 is 6.18 Å². The van der Waals surface area contributed by atoms with Gasteiger partial charge in [-0.2, -0.15) is 13.2 Å². The predicted molar refractivity (Wildman–Crippen MR) is 82.0 cm³/mol. The molecular weight excluding hydrogens is 359 g/mol. The lowest BCUT2D eigenvalue weighted by Gasteiger charge is -2.16. The van der Waals surface area contributed by atoms with E-state index in [0.717, 1.165) is 36.4 Å². The SMILES string of the molecule is NC(=O)[C@H](Cc1ccc(C(F)(F)F)cc1)NC(=O)c1ccc(F)cc1F. The summed E-state index contributed by atoms with van der Waals surface area (Å²) in [5, 5.41) is 2.19. The monoisotopic (exact) mass is 372 g/mol. The first-order valence-corrected chi connectivity index (χ1v) is 7.29. The van der Waals surface area contributed by atoms with Crippen LogP contribution in [-0.4, -0.2) is 17.9 Å². The van der Waals surface area contributed by atoms with E-state index >= 15 is 0 Å². The topological polar surface area (TPSA) is 72.2 Å². The van der Waals surface area contributed by atoms with Gasteiger partial charge in [-0.25, -0.2) is 8.78 Å². The highest BCUT2D eigenvalue weighted by molar-refractivity contribution is 5.97.